The molecule has 1 aromatic carbocycles. The number of aliphatic carboxylic acids is 2. The topological polar surface area (TPSA) is 128 Å². The minimum absolute atomic E-state index is 0.208. The van der Waals surface area contributed by atoms with Crippen molar-refractivity contribution in [3.8, 4) is 0 Å². The normalized spacial score (nSPS) is 7.47. The van der Waals surface area contributed by atoms with Crippen molar-refractivity contribution < 1.29 is 56.8 Å². The zero-order valence-corrected chi connectivity index (χ0v) is 16.8. The van der Waals surface area contributed by atoms with E-state index < -0.39 is 11.9 Å². The molecule has 1 rings (SSSR count). The van der Waals surface area contributed by atoms with Gasteiger partial charge < -0.3 is 30.6 Å². The standard InChI is InChI=1S/C6H5.C2H7NO.2C2H4O2.Hg/c1-2-4-6-5-3-1;3-1-2-4;2*1-2(3)4;/h1-5H;4H,1-3H2;2*1H3,(H,3,4);/q;;;;+1/p-1. The number of aliphatic hydroxyl groups excluding tert-OH is 1. The fourth-order valence-electron chi connectivity index (χ4n) is 0.478. The van der Waals surface area contributed by atoms with E-state index in [9.17, 15) is 0 Å². The van der Waals surface area contributed by atoms with Crippen molar-refractivity contribution in [1.29, 1.82) is 0 Å². The van der Waals surface area contributed by atoms with Crippen LogP contribution >= 0.6 is 0 Å². The van der Waals surface area contributed by atoms with Crippen molar-refractivity contribution in [1.82, 2.24) is 0 Å². The quantitative estimate of drug-likeness (QED) is 0.425. The van der Waals surface area contributed by atoms with Gasteiger partial charge in [0.1, 0.15) is 0 Å². The monoisotopic (exact) mass is 459 g/mol. The first kappa shape index (κ1) is 23.1. The van der Waals surface area contributed by atoms with Crippen LogP contribution in [-0.2, 0) is 35.7 Å². The van der Waals surface area contributed by atoms with Crippen molar-refractivity contribution in [2.45, 2.75) is 13.8 Å². The molecule has 0 amide bonds. The summed E-state index contributed by atoms with van der Waals surface area (Å²) in [5.41, 5.74) is 3.35. The zero-order chi connectivity index (χ0) is 15.7. The van der Waals surface area contributed by atoms with Crippen LogP contribution < -0.4 is 19.0 Å². The van der Waals surface area contributed by atoms with E-state index >= 15 is 0 Å². The van der Waals surface area contributed by atoms with Gasteiger partial charge in [-0.3, -0.25) is 0 Å². The molecule has 1 aromatic rings. The van der Waals surface area contributed by atoms with Gasteiger partial charge in [-0.25, -0.2) is 0 Å². The molecule has 0 saturated heterocycles. The fourth-order valence-corrected chi connectivity index (χ4v) is 1.54. The number of quaternary nitrogens is 1. The van der Waals surface area contributed by atoms with Crippen LogP contribution in [0.1, 0.15) is 13.8 Å². The molecule has 0 saturated carbocycles. The zero-order valence-electron chi connectivity index (χ0n) is 11.3. The van der Waals surface area contributed by atoms with Gasteiger partial charge in [-0.15, -0.1) is 0 Å². The molecule has 6 nitrogen and oxygen atoms in total. The predicted octanol–water partition coefficient (Wildman–Crippen LogP) is -3.41. The van der Waals surface area contributed by atoms with Crippen LogP contribution in [0.5, 0.6) is 0 Å². The number of carbonyl (C=O) groups is 2. The van der Waals surface area contributed by atoms with E-state index in [1.54, 1.807) is 0 Å². The number of carboxylic acid groups (broad SMARTS) is 2. The Morgan fingerprint density at radius 2 is 1.42 bits per heavy atom. The minimum Gasteiger partial charge on any atom is -0.391 e. The van der Waals surface area contributed by atoms with E-state index in [4.69, 9.17) is 24.9 Å². The number of aliphatic hydroxyl groups is 1. The van der Waals surface area contributed by atoms with Crippen molar-refractivity contribution in [3.63, 3.8) is 0 Å². The second kappa shape index (κ2) is 19.4. The molecule has 104 valence electrons. The SMILES string of the molecule is CC(=O)[O-].CC(=O)[O-].[Hg+][c]1ccccc1.[NH3+]CCO. The molecule has 19 heavy (non-hydrogen) atoms. The Morgan fingerprint density at radius 1 is 1.16 bits per heavy atom. The summed E-state index contributed by atoms with van der Waals surface area (Å²) in [6, 6.07) is 10.6. The van der Waals surface area contributed by atoms with Gasteiger partial charge in [0.05, 0.1) is 13.2 Å². The number of hydrogen-bond donors (Lipinski definition) is 2. The van der Waals surface area contributed by atoms with Crippen molar-refractivity contribution in [3.05, 3.63) is 30.3 Å². The molecular formula is C12H19HgNO5. The van der Waals surface area contributed by atoms with Gasteiger partial charge in [-0.2, -0.15) is 0 Å². The largest absolute Gasteiger partial charge is 0.391 e. The van der Waals surface area contributed by atoms with E-state index in [0.29, 0.717) is 6.54 Å². The minimum atomic E-state index is -1.08. The van der Waals surface area contributed by atoms with Crippen molar-refractivity contribution in [2.75, 3.05) is 13.2 Å². The van der Waals surface area contributed by atoms with Crippen LogP contribution in [-0.4, -0.2) is 30.2 Å². The van der Waals surface area contributed by atoms with Gasteiger partial charge in [0.2, 0.25) is 0 Å². The van der Waals surface area contributed by atoms with E-state index in [1.165, 1.54) is 3.07 Å². The molecule has 0 radical (unpaired) electrons. The molecule has 4 N–H and O–H groups in total. The van der Waals surface area contributed by atoms with Crippen LogP contribution in [0.25, 0.3) is 0 Å². The second-order valence-corrected chi connectivity index (χ2v) is 6.22. The Labute approximate surface area is 129 Å². The number of carboxylic acids is 2. The average molecular weight is 458 g/mol. The third-order valence-corrected chi connectivity index (χ3v) is 2.83. The molecule has 0 fully saturated rings. The van der Waals surface area contributed by atoms with E-state index in [0.717, 1.165) is 40.0 Å². The first-order valence-corrected chi connectivity index (χ1v) is 8.15. The van der Waals surface area contributed by atoms with Crippen LogP contribution in [0.2, 0.25) is 0 Å². The molecule has 0 aliphatic carbocycles. The summed E-state index contributed by atoms with van der Waals surface area (Å²) in [4.78, 5) is 17.8. The molecule has 0 aromatic heterocycles. The third kappa shape index (κ3) is 59.7. The van der Waals surface area contributed by atoms with Gasteiger partial charge in [-0.1, -0.05) is 0 Å². The Bertz CT molecular complexity index is 297. The smallest absolute Gasteiger partial charge is 0.0974 e. The van der Waals surface area contributed by atoms with Crippen molar-refractivity contribution >= 4 is 15.0 Å². The summed E-state index contributed by atoms with van der Waals surface area (Å²) in [6.45, 7) is 2.78. The maximum absolute atomic E-state index is 8.89. The summed E-state index contributed by atoms with van der Waals surface area (Å²) in [7, 11) is 0. The van der Waals surface area contributed by atoms with Gasteiger partial charge >= 0.3 is 59.5 Å². The summed E-state index contributed by atoms with van der Waals surface area (Å²) in [6.07, 6.45) is 0. The molecule has 0 spiro atoms. The second-order valence-electron chi connectivity index (χ2n) is 3.05. The van der Waals surface area contributed by atoms with Gasteiger partial charge in [0.15, 0.2) is 0 Å². The average Bonchev–Trinajstić information content (AvgIpc) is 2.29. The third-order valence-electron chi connectivity index (χ3n) is 1.00. The summed E-state index contributed by atoms with van der Waals surface area (Å²) >= 11 is 0.810. The predicted molar refractivity (Wildman–Crippen MR) is 62.3 cm³/mol. The Hall–Kier alpha value is -0.985. The molecule has 0 heterocycles. The molecular weight excluding hydrogens is 439 g/mol. The first-order chi connectivity index (χ1) is 8.77. The maximum Gasteiger partial charge on any atom is 0.0974 e. The molecule has 7 heteroatoms. The van der Waals surface area contributed by atoms with Crippen LogP contribution in [0.4, 0.5) is 0 Å². The van der Waals surface area contributed by atoms with Crippen LogP contribution in [0.3, 0.4) is 0 Å². The Kier molecular flexibility index (Phi) is 23.6. The summed E-state index contributed by atoms with van der Waals surface area (Å²) in [5.74, 6) is -2.17. The first-order valence-electron chi connectivity index (χ1n) is 5.40. The number of carbonyl (C=O) groups excluding carboxylic acids is 2. The fraction of sp³-hybridized carbons (Fsp3) is 0.333. The summed E-state index contributed by atoms with van der Waals surface area (Å²) < 4.78 is 1.52. The molecule has 0 aliphatic rings. The summed E-state index contributed by atoms with van der Waals surface area (Å²) in [5, 5.41) is 25.6. The Morgan fingerprint density at radius 3 is 1.53 bits per heavy atom. The van der Waals surface area contributed by atoms with E-state index in [1.807, 2.05) is 0 Å². The van der Waals surface area contributed by atoms with Crippen molar-refractivity contribution in [2.24, 2.45) is 0 Å². The van der Waals surface area contributed by atoms with Gasteiger partial charge in [0, 0.05) is 11.9 Å². The number of hydrogen-bond acceptors (Lipinski definition) is 5. The van der Waals surface area contributed by atoms with E-state index in [-0.39, 0.29) is 6.61 Å². The van der Waals surface area contributed by atoms with E-state index in [2.05, 4.69) is 36.1 Å². The van der Waals surface area contributed by atoms with Gasteiger partial charge in [0.25, 0.3) is 0 Å². The molecule has 0 bridgehead atoms. The molecule has 0 unspecified atom stereocenters. The maximum atomic E-state index is 8.89. The van der Waals surface area contributed by atoms with Gasteiger partial charge in [-0.05, 0) is 13.8 Å². The Balaban J connectivity index is -0.000000189. The van der Waals surface area contributed by atoms with Crippen LogP contribution in [0.15, 0.2) is 30.3 Å². The van der Waals surface area contributed by atoms with Crippen LogP contribution in [0, 0.1) is 0 Å². The number of benzene rings is 1. The molecule has 0 aliphatic heterocycles. The number of rotatable bonds is 1. The molecule has 0 atom stereocenters.